The van der Waals surface area contributed by atoms with Crippen molar-refractivity contribution in [3.05, 3.63) is 46.4 Å². The van der Waals surface area contributed by atoms with E-state index in [0.717, 1.165) is 6.54 Å². The van der Waals surface area contributed by atoms with E-state index >= 15 is 0 Å². The molecule has 0 aliphatic heterocycles. The van der Waals surface area contributed by atoms with Crippen LogP contribution in [-0.4, -0.2) is 4.98 Å². The Hall–Kier alpha value is -1.35. The summed E-state index contributed by atoms with van der Waals surface area (Å²) in [6.45, 7) is 7.55. The summed E-state index contributed by atoms with van der Waals surface area (Å²) in [5, 5.41) is 3.49. The van der Waals surface area contributed by atoms with Crippen LogP contribution < -0.4 is 5.32 Å². The van der Waals surface area contributed by atoms with Crippen LogP contribution in [0.2, 0.25) is 0 Å². The predicted octanol–water partition coefficient (Wildman–Crippen LogP) is 4.05. The van der Waals surface area contributed by atoms with Gasteiger partial charge in [-0.3, -0.25) is 4.98 Å². The summed E-state index contributed by atoms with van der Waals surface area (Å²) >= 11 is 1.68. The third-order valence-electron chi connectivity index (χ3n) is 2.67. The van der Waals surface area contributed by atoms with Crippen LogP contribution in [0.3, 0.4) is 0 Å². The van der Waals surface area contributed by atoms with E-state index in [2.05, 4.69) is 55.3 Å². The van der Waals surface area contributed by atoms with E-state index in [1.807, 2.05) is 11.7 Å². The Morgan fingerprint density at radius 2 is 2.00 bits per heavy atom. The van der Waals surface area contributed by atoms with Gasteiger partial charge in [0.05, 0.1) is 12.1 Å². The monoisotopic (exact) mass is 246 g/mol. The highest BCUT2D eigenvalue weighted by molar-refractivity contribution is 7.09. The van der Waals surface area contributed by atoms with Gasteiger partial charge in [-0.2, -0.15) is 0 Å². The van der Waals surface area contributed by atoms with Crippen LogP contribution in [-0.2, 0) is 12.0 Å². The van der Waals surface area contributed by atoms with E-state index in [9.17, 15) is 0 Å². The maximum absolute atomic E-state index is 4.08. The minimum atomic E-state index is 0.164. The van der Waals surface area contributed by atoms with Crippen LogP contribution in [0.1, 0.15) is 31.2 Å². The smallest absolute Gasteiger partial charge is 0.0794 e. The van der Waals surface area contributed by atoms with Gasteiger partial charge >= 0.3 is 0 Å². The van der Waals surface area contributed by atoms with Crippen molar-refractivity contribution < 1.29 is 0 Å². The lowest BCUT2D eigenvalue weighted by molar-refractivity contribution is 0.591. The molecule has 90 valence electrons. The first-order chi connectivity index (χ1) is 8.07. The third kappa shape index (κ3) is 3.07. The van der Waals surface area contributed by atoms with Crippen LogP contribution in [0.15, 0.2) is 36.0 Å². The molecule has 2 rings (SSSR count). The summed E-state index contributed by atoms with van der Waals surface area (Å²) in [6, 6.07) is 8.50. The van der Waals surface area contributed by atoms with Crippen LogP contribution >= 0.6 is 11.3 Å². The number of thiazole rings is 1. The van der Waals surface area contributed by atoms with Crippen LogP contribution in [0.4, 0.5) is 5.69 Å². The summed E-state index contributed by atoms with van der Waals surface area (Å²) in [5.41, 5.74) is 4.60. The van der Waals surface area contributed by atoms with Gasteiger partial charge in [0.2, 0.25) is 0 Å². The van der Waals surface area contributed by atoms with Gasteiger partial charge in [-0.15, -0.1) is 11.3 Å². The molecule has 0 spiro atoms. The molecule has 0 aliphatic carbocycles. The number of aromatic nitrogens is 1. The van der Waals surface area contributed by atoms with Crippen LogP contribution in [0.5, 0.6) is 0 Å². The normalized spacial score (nSPS) is 11.5. The molecule has 1 aromatic heterocycles. The first-order valence-electron chi connectivity index (χ1n) is 5.78. The van der Waals surface area contributed by atoms with E-state index in [1.54, 1.807) is 11.3 Å². The van der Waals surface area contributed by atoms with Crippen LogP contribution in [0, 0.1) is 0 Å². The van der Waals surface area contributed by atoms with E-state index in [4.69, 9.17) is 0 Å². The molecule has 1 N–H and O–H groups in total. The zero-order chi connectivity index (χ0) is 12.3. The first kappa shape index (κ1) is 12.1. The van der Waals surface area contributed by atoms with Crippen molar-refractivity contribution in [2.24, 2.45) is 0 Å². The highest BCUT2D eigenvalue weighted by Crippen LogP contribution is 2.29. The van der Waals surface area contributed by atoms with Gasteiger partial charge < -0.3 is 5.32 Å². The Morgan fingerprint density at radius 1 is 1.24 bits per heavy atom. The quantitative estimate of drug-likeness (QED) is 0.883. The third-order valence-corrected chi connectivity index (χ3v) is 3.45. The van der Waals surface area contributed by atoms with E-state index in [0.29, 0.717) is 0 Å². The molecule has 0 saturated carbocycles. The number of para-hydroxylation sites is 1. The second kappa shape index (κ2) is 4.88. The molecular weight excluding hydrogens is 228 g/mol. The van der Waals surface area contributed by atoms with Crippen molar-refractivity contribution in [3.8, 4) is 0 Å². The molecule has 0 unspecified atom stereocenters. The molecule has 3 heteroatoms. The maximum atomic E-state index is 4.08. The molecule has 1 heterocycles. The number of anilines is 1. The lowest BCUT2D eigenvalue weighted by Crippen LogP contribution is -2.14. The Labute approximate surface area is 107 Å². The lowest BCUT2D eigenvalue weighted by Gasteiger charge is -2.23. The van der Waals surface area contributed by atoms with Gasteiger partial charge in [-0.05, 0) is 17.0 Å². The summed E-state index contributed by atoms with van der Waals surface area (Å²) < 4.78 is 0. The van der Waals surface area contributed by atoms with Crippen molar-refractivity contribution in [1.82, 2.24) is 4.98 Å². The van der Waals surface area contributed by atoms with Gasteiger partial charge in [-0.1, -0.05) is 39.0 Å². The second-order valence-electron chi connectivity index (χ2n) is 5.12. The number of benzene rings is 1. The first-order valence-corrected chi connectivity index (χ1v) is 6.66. The number of hydrogen-bond acceptors (Lipinski definition) is 3. The molecule has 0 atom stereocenters. The zero-order valence-electron chi connectivity index (χ0n) is 10.5. The van der Waals surface area contributed by atoms with Crippen molar-refractivity contribution >= 4 is 17.0 Å². The Kier molecular flexibility index (Phi) is 3.48. The van der Waals surface area contributed by atoms with Gasteiger partial charge in [0.15, 0.2) is 0 Å². The number of nitrogens with one attached hydrogen (secondary N) is 1. The van der Waals surface area contributed by atoms with E-state index in [1.165, 1.54) is 16.1 Å². The van der Waals surface area contributed by atoms with E-state index in [-0.39, 0.29) is 5.41 Å². The Balaban J connectivity index is 2.16. The molecule has 0 aliphatic rings. The highest BCUT2D eigenvalue weighted by atomic mass is 32.1. The Morgan fingerprint density at radius 3 is 2.65 bits per heavy atom. The van der Waals surface area contributed by atoms with Crippen LogP contribution in [0.25, 0.3) is 0 Å². The minimum Gasteiger partial charge on any atom is -0.380 e. The molecule has 0 saturated heterocycles. The molecule has 2 nitrogen and oxygen atoms in total. The fourth-order valence-electron chi connectivity index (χ4n) is 1.80. The molecule has 0 bridgehead atoms. The summed E-state index contributed by atoms with van der Waals surface area (Å²) in [6.07, 6.45) is 1.91. The number of rotatable bonds is 3. The van der Waals surface area contributed by atoms with Crippen molar-refractivity contribution in [3.63, 3.8) is 0 Å². The standard InChI is InChI=1S/C14H18N2S/c1-14(2,3)12-6-4-5-7-13(12)16-9-11-8-15-10-17-11/h4-8,10,16H,9H2,1-3H3. The second-order valence-corrected chi connectivity index (χ2v) is 6.09. The fraction of sp³-hybridized carbons (Fsp3) is 0.357. The SMILES string of the molecule is CC(C)(C)c1ccccc1NCc1cncs1. The lowest BCUT2D eigenvalue weighted by atomic mass is 9.86. The topological polar surface area (TPSA) is 24.9 Å². The molecule has 0 radical (unpaired) electrons. The predicted molar refractivity (Wildman–Crippen MR) is 74.6 cm³/mol. The van der Waals surface area contributed by atoms with Crippen molar-refractivity contribution in [2.45, 2.75) is 32.7 Å². The largest absolute Gasteiger partial charge is 0.380 e. The minimum absolute atomic E-state index is 0.164. The van der Waals surface area contributed by atoms with Gasteiger partial charge in [0, 0.05) is 16.8 Å². The zero-order valence-corrected chi connectivity index (χ0v) is 11.3. The maximum Gasteiger partial charge on any atom is 0.0794 e. The summed E-state index contributed by atoms with van der Waals surface area (Å²) in [7, 11) is 0. The van der Waals surface area contributed by atoms with Crippen molar-refractivity contribution in [2.75, 3.05) is 5.32 Å². The van der Waals surface area contributed by atoms with Gasteiger partial charge in [0.25, 0.3) is 0 Å². The number of hydrogen-bond donors (Lipinski definition) is 1. The Bertz CT molecular complexity index is 469. The molecule has 0 amide bonds. The molecule has 0 fully saturated rings. The number of nitrogens with zero attached hydrogens (tertiary/aromatic N) is 1. The highest BCUT2D eigenvalue weighted by Gasteiger charge is 2.17. The molecular formula is C14H18N2S. The molecule has 1 aromatic carbocycles. The fourth-order valence-corrected chi connectivity index (χ4v) is 2.34. The summed E-state index contributed by atoms with van der Waals surface area (Å²) in [4.78, 5) is 5.34. The van der Waals surface area contributed by atoms with Gasteiger partial charge in [0.1, 0.15) is 0 Å². The molecule has 2 aromatic rings. The average molecular weight is 246 g/mol. The summed E-state index contributed by atoms with van der Waals surface area (Å²) in [5.74, 6) is 0. The molecule has 17 heavy (non-hydrogen) atoms. The average Bonchev–Trinajstić information content (AvgIpc) is 2.78. The van der Waals surface area contributed by atoms with E-state index < -0.39 is 0 Å². The van der Waals surface area contributed by atoms with Crippen molar-refractivity contribution in [1.29, 1.82) is 0 Å². The van der Waals surface area contributed by atoms with Gasteiger partial charge in [-0.25, -0.2) is 0 Å².